The van der Waals surface area contributed by atoms with E-state index in [4.69, 9.17) is 4.42 Å². The second kappa shape index (κ2) is 7.88. The number of thioether (sulfide) groups is 1. The molecule has 3 aromatic rings. The summed E-state index contributed by atoms with van der Waals surface area (Å²) in [4.78, 5) is 24.4. The minimum absolute atomic E-state index is 0.0474. The summed E-state index contributed by atoms with van der Waals surface area (Å²) in [6.45, 7) is 1.38. The first-order valence-corrected chi connectivity index (χ1v) is 12.1. The molecule has 0 spiro atoms. The van der Waals surface area contributed by atoms with Crippen molar-refractivity contribution in [3.8, 4) is 0 Å². The van der Waals surface area contributed by atoms with Gasteiger partial charge in [0, 0.05) is 25.3 Å². The molecular weight excluding hydrogens is 428 g/mol. The third-order valence-electron chi connectivity index (χ3n) is 4.98. The van der Waals surface area contributed by atoms with E-state index < -0.39 is 9.84 Å². The molecule has 30 heavy (non-hydrogen) atoms. The lowest BCUT2D eigenvalue weighted by Crippen LogP contribution is -2.16. The highest BCUT2D eigenvalue weighted by Crippen LogP contribution is 2.32. The van der Waals surface area contributed by atoms with Crippen LogP contribution in [0.5, 0.6) is 0 Å². The molecule has 0 unspecified atom stereocenters. The quantitative estimate of drug-likeness (QED) is 0.450. The first-order valence-electron chi connectivity index (χ1n) is 9.30. The minimum atomic E-state index is -3.02. The zero-order valence-corrected chi connectivity index (χ0v) is 18.0. The Balaban J connectivity index is 1.46. The van der Waals surface area contributed by atoms with Crippen molar-refractivity contribution in [2.75, 3.05) is 22.6 Å². The number of nitrogens with one attached hydrogen (secondary N) is 1. The van der Waals surface area contributed by atoms with Crippen molar-refractivity contribution in [2.24, 2.45) is 7.05 Å². The summed E-state index contributed by atoms with van der Waals surface area (Å²) in [5.74, 6) is 0.229. The number of sulfone groups is 1. The number of carbonyl (C=O) groups is 2. The van der Waals surface area contributed by atoms with Gasteiger partial charge in [0.2, 0.25) is 5.91 Å². The van der Waals surface area contributed by atoms with Crippen molar-refractivity contribution in [3.63, 3.8) is 0 Å². The van der Waals surface area contributed by atoms with Gasteiger partial charge in [-0.25, -0.2) is 8.42 Å². The number of benzene rings is 1. The van der Waals surface area contributed by atoms with Crippen molar-refractivity contribution in [3.05, 3.63) is 35.9 Å². The van der Waals surface area contributed by atoms with Gasteiger partial charge >= 0.3 is 0 Å². The summed E-state index contributed by atoms with van der Waals surface area (Å²) in [7, 11) is -1.26. The third kappa shape index (κ3) is 3.99. The van der Waals surface area contributed by atoms with Gasteiger partial charge in [-0.15, -0.1) is 10.2 Å². The molecule has 9 nitrogen and oxygen atoms in total. The van der Waals surface area contributed by atoms with Crippen LogP contribution in [0.3, 0.4) is 0 Å². The van der Waals surface area contributed by atoms with Gasteiger partial charge in [-0.2, -0.15) is 0 Å². The van der Waals surface area contributed by atoms with Crippen molar-refractivity contribution in [1.29, 1.82) is 0 Å². The molecule has 1 N–H and O–H groups in total. The van der Waals surface area contributed by atoms with E-state index in [2.05, 4.69) is 15.5 Å². The molecule has 1 aromatic carbocycles. The minimum Gasteiger partial charge on any atom is -0.451 e. The molecule has 3 heterocycles. The van der Waals surface area contributed by atoms with Crippen LogP contribution in [0, 0.1) is 0 Å². The van der Waals surface area contributed by atoms with Crippen molar-refractivity contribution in [2.45, 2.75) is 24.4 Å². The zero-order valence-electron chi connectivity index (χ0n) is 16.4. The molecule has 1 aliphatic rings. The molecule has 1 atom stereocenters. The van der Waals surface area contributed by atoms with Crippen LogP contribution in [0.2, 0.25) is 0 Å². The van der Waals surface area contributed by atoms with Crippen LogP contribution in [0.15, 0.2) is 33.8 Å². The smallest absolute Gasteiger partial charge is 0.234 e. The number of anilines is 1. The van der Waals surface area contributed by atoms with Gasteiger partial charge in [0.1, 0.15) is 11.4 Å². The monoisotopic (exact) mass is 448 g/mol. The van der Waals surface area contributed by atoms with Crippen LogP contribution in [-0.4, -0.2) is 52.1 Å². The molecule has 0 bridgehead atoms. The molecule has 1 saturated heterocycles. The Morgan fingerprint density at radius 1 is 1.30 bits per heavy atom. The van der Waals surface area contributed by atoms with Gasteiger partial charge in [-0.05, 0) is 18.6 Å². The lowest BCUT2D eigenvalue weighted by Gasteiger charge is -2.08. The highest BCUT2D eigenvalue weighted by atomic mass is 32.2. The molecule has 4 rings (SSSR count). The second-order valence-electron chi connectivity index (χ2n) is 7.20. The van der Waals surface area contributed by atoms with E-state index in [1.54, 1.807) is 35.9 Å². The van der Waals surface area contributed by atoms with Gasteiger partial charge in [-0.1, -0.05) is 23.9 Å². The number of para-hydroxylation sites is 1. The fourth-order valence-corrected chi connectivity index (χ4v) is 5.99. The SMILES string of the molecule is CC(=O)c1oc2ccccc2c1NC(=O)CSc1nnc([C@H]2CCS(=O)(=O)C2)n1C. The summed E-state index contributed by atoms with van der Waals surface area (Å²) >= 11 is 1.19. The van der Waals surface area contributed by atoms with E-state index in [0.717, 1.165) is 0 Å². The summed E-state index contributed by atoms with van der Waals surface area (Å²) in [6, 6.07) is 7.10. The van der Waals surface area contributed by atoms with E-state index >= 15 is 0 Å². The zero-order chi connectivity index (χ0) is 21.5. The number of rotatable bonds is 6. The Morgan fingerprint density at radius 2 is 2.07 bits per heavy atom. The van der Waals surface area contributed by atoms with Gasteiger partial charge in [0.05, 0.1) is 22.9 Å². The highest BCUT2D eigenvalue weighted by Gasteiger charge is 2.32. The molecule has 1 amide bonds. The van der Waals surface area contributed by atoms with Gasteiger partial charge in [0.25, 0.3) is 0 Å². The van der Waals surface area contributed by atoms with Crippen LogP contribution in [0.4, 0.5) is 5.69 Å². The number of furan rings is 1. The molecule has 158 valence electrons. The molecule has 2 aromatic heterocycles. The van der Waals surface area contributed by atoms with E-state index in [1.807, 2.05) is 0 Å². The molecule has 1 aliphatic heterocycles. The van der Waals surface area contributed by atoms with Crippen LogP contribution in [-0.2, 0) is 21.7 Å². The molecule has 11 heteroatoms. The van der Waals surface area contributed by atoms with E-state index in [9.17, 15) is 18.0 Å². The number of aromatic nitrogens is 3. The van der Waals surface area contributed by atoms with Crippen LogP contribution >= 0.6 is 11.8 Å². The number of carbonyl (C=O) groups excluding carboxylic acids is 2. The fourth-order valence-electron chi connectivity index (χ4n) is 3.53. The number of hydrogen-bond acceptors (Lipinski definition) is 8. The standard InChI is InChI=1S/C19H20N4O5S2/c1-11(24)17-16(13-5-3-4-6-14(13)28-17)20-15(25)9-29-19-22-21-18(23(19)2)12-7-8-30(26,27)10-12/h3-6,12H,7-10H2,1-2H3,(H,20,25)/t12-/m0/s1. The maximum atomic E-state index is 12.5. The van der Waals surface area contributed by atoms with Crippen molar-refractivity contribution < 1.29 is 22.4 Å². The molecule has 0 saturated carbocycles. The Kier molecular flexibility index (Phi) is 5.41. The molecular formula is C19H20N4O5S2. The lowest BCUT2D eigenvalue weighted by molar-refractivity contribution is -0.113. The lowest BCUT2D eigenvalue weighted by atomic mass is 10.1. The topological polar surface area (TPSA) is 124 Å². The molecule has 0 aliphatic carbocycles. The number of hydrogen-bond donors (Lipinski definition) is 1. The maximum absolute atomic E-state index is 12.5. The Labute approximate surface area is 177 Å². The number of fused-ring (bicyclic) bond motifs is 1. The average molecular weight is 449 g/mol. The predicted octanol–water partition coefficient (Wildman–Crippen LogP) is 2.40. The summed E-state index contributed by atoms with van der Waals surface area (Å²) in [6.07, 6.45) is 0.529. The molecule has 1 fully saturated rings. The van der Waals surface area contributed by atoms with Crippen LogP contribution in [0.25, 0.3) is 11.0 Å². The van der Waals surface area contributed by atoms with Crippen LogP contribution < -0.4 is 5.32 Å². The Morgan fingerprint density at radius 3 is 2.77 bits per heavy atom. The molecule has 0 radical (unpaired) electrons. The normalized spacial score (nSPS) is 18.0. The first-order chi connectivity index (χ1) is 14.2. The Hall–Kier alpha value is -2.66. The average Bonchev–Trinajstić information content (AvgIpc) is 3.35. The van der Waals surface area contributed by atoms with E-state index in [1.165, 1.54) is 18.7 Å². The number of amides is 1. The summed E-state index contributed by atoms with van der Waals surface area (Å²) in [5, 5.41) is 12.2. The van der Waals surface area contributed by atoms with Crippen molar-refractivity contribution in [1.82, 2.24) is 14.8 Å². The maximum Gasteiger partial charge on any atom is 0.234 e. The van der Waals surface area contributed by atoms with Crippen molar-refractivity contribution >= 4 is 49.9 Å². The number of nitrogens with zero attached hydrogens (tertiary/aromatic N) is 3. The number of Topliss-reactive ketones (excluding diaryl/α,β-unsaturated/α-hetero) is 1. The second-order valence-corrected chi connectivity index (χ2v) is 10.4. The first kappa shape index (κ1) is 20.6. The summed E-state index contributed by atoms with van der Waals surface area (Å²) in [5.41, 5.74) is 0.883. The largest absolute Gasteiger partial charge is 0.451 e. The Bertz CT molecular complexity index is 1250. The fraction of sp³-hybridized carbons (Fsp3) is 0.368. The predicted molar refractivity (Wildman–Crippen MR) is 113 cm³/mol. The van der Waals surface area contributed by atoms with E-state index in [0.29, 0.717) is 34.1 Å². The van der Waals surface area contributed by atoms with Gasteiger partial charge in [0.15, 0.2) is 26.5 Å². The van der Waals surface area contributed by atoms with E-state index in [-0.39, 0.29) is 40.6 Å². The number of ketones is 1. The highest BCUT2D eigenvalue weighted by molar-refractivity contribution is 7.99. The summed E-state index contributed by atoms with van der Waals surface area (Å²) < 4.78 is 30.7. The van der Waals surface area contributed by atoms with Gasteiger partial charge < -0.3 is 14.3 Å². The third-order valence-corrected chi connectivity index (χ3v) is 7.77. The van der Waals surface area contributed by atoms with Crippen LogP contribution in [0.1, 0.15) is 35.6 Å². The van der Waals surface area contributed by atoms with Gasteiger partial charge in [-0.3, -0.25) is 9.59 Å².